The van der Waals surface area contributed by atoms with Crippen LogP contribution in [0, 0.1) is 0 Å². The van der Waals surface area contributed by atoms with Crippen LogP contribution in [0.3, 0.4) is 0 Å². The zero-order valence-corrected chi connectivity index (χ0v) is 8.37. The number of hydrogen-bond acceptors (Lipinski definition) is 2. The molecule has 1 rings (SSSR count). The van der Waals surface area contributed by atoms with Crippen molar-refractivity contribution in [3.8, 4) is 0 Å². The van der Waals surface area contributed by atoms with Gasteiger partial charge in [-0.05, 0) is 22.3 Å². The Hall–Kier alpha value is -2.52. The summed E-state index contributed by atoms with van der Waals surface area (Å²) in [7, 11) is 0. The first-order valence-corrected chi connectivity index (χ1v) is 4.39. The van der Waals surface area contributed by atoms with Crippen LogP contribution in [0.2, 0.25) is 0 Å². The number of aliphatic hydroxyl groups excluding tert-OH is 1. The molecule has 0 aliphatic rings. The smallest absolute Gasteiger partial charge is 0.249 e. The summed E-state index contributed by atoms with van der Waals surface area (Å²) in [6.45, 7) is 3.30. The highest BCUT2D eigenvalue weighted by Crippen LogP contribution is 2.08. The minimum absolute atomic E-state index is 0.0470. The number of azide groups is 1. The molecule has 16 heavy (non-hydrogen) atoms. The molecule has 1 aromatic carbocycles. The fourth-order valence-electron chi connectivity index (χ4n) is 1.03. The second-order valence-corrected chi connectivity index (χ2v) is 2.94. The quantitative estimate of drug-likeness (QED) is 0.276. The summed E-state index contributed by atoms with van der Waals surface area (Å²) >= 11 is 0. The molecule has 0 aromatic heterocycles. The number of nitrogens with zero attached hydrogens (tertiary/aromatic N) is 3. The molecule has 0 radical (unpaired) electrons. The van der Waals surface area contributed by atoms with Crippen LogP contribution in [0.1, 0.15) is 15.9 Å². The number of benzene rings is 1. The minimum Gasteiger partial charge on any atom is -0.509 e. The van der Waals surface area contributed by atoms with E-state index in [-0.39, 0.29) is 5.76 Å². The van der Waals surface area contributed by atoms with Crippen LogP contribution in [-0.4, -0.2) is 11.0 Å². The highest BCUT2D eigenvalue weighted by molar-refractivity contribution is 5.95. The number of amides is 1. The average Bonchev–Trinajstić information content (AvgIpc) is 2.27. The van der Waals surface area contributed by atoms with E-state index in [4.69, 9.17) is 10.6 Å². The summed E-state index contributed by atoms with van der Waals surface area (Å²) in [6, 6.07) is 6.41. The van der Waals surface area contributed by atoms with Crippen molar-refractivity contribution < 1.29 is 9.90 Å². The molecule has 0 aliphatic heterocycles. The Kier molecular flexibility index (Phi) is 3.89. The maximum absolute atomic E-state index is 11.1. The summed E-state index contributed by atoms with van der Waals surface area (Å²) in [5, 5.41) is 11.8. The van der Waals surface area contributed by atoms with Gasteiger partial charge in [-0.25, -0.2) is 0 Å². The van der Waals surface area contributed by atoms with Crippen molar-refractivity contribution in [1.29, 1.82) is 0 Å². The van der Waals surface area contributed by atoms with Crippen LogP contribution < -0.4 is 0 Å². The second-order valence-electron chi connectivity index (χ2n) is 2.94. The molecule has 0 saturated heterocycles. The van der Waals surface area contributed by atoms with Crippen LogP contribution >= 0.6 is 0 Å². The zero-order valence-electron chi connectivity index (χ0n) is 8.37. The Morgan fingerprint density at radius 2 is 2.06 bits per heavy atom. The first-order chi connectivity index (χ1) is 7.63. The number of carbonyl (C=O) groups is 1. The van der Waals surface area contributed by atoms with Gasteiger partial charge in [0.2, 0.25) is 5.91 Å². The van der Waals surface area contributed by atoms with Crippen molar-refractivity contribution in [2.75, 3.05) is 0 Å². The molecule has 0 aliphatic carbocycles. The van der Waals surface area contributed by atoms with E-state index in [0.717, 1.165) is 5.56 Å². The molecular formula is C11H9N3O2. The van der Waals surface area contributed by atoms with Gasteiger partial charge in [-0.2, -0.15) is 0 Å². The van der Waals surface area contributed by atoms with Gasteiger partial charge < -0.3 is 5.11 Å². The largest absolute Gasteiger partial charge is 0.509 e. The third-order valence-electron chi connectivity index (χ3n) is 1.76. The molecule has 0 unspecified atom stereocenters. The molecule has 0 bridgehead atoms. The van der Waals surface area contributed by atoms with Gasteiger partial charge in [-0.15, -0.1) is 0 Å². The minimum atomic E-state index is -0.621. The lowest BCUT2D eigenvalue weighted by Crippen LogP contribution is -1.92. The molecular weight excluding hydrogens is 206 g/mol. The Balaban J connectivity index is 2.87. The summed E-state index contributed by atoms with van der Waals surface area (Å²) in [4.78, 5) is 13.5. The maximum atomic E-state index is 11.1. The highest BCUT2D eigenvalue weighted by Gasteiger charge is 2.00. The molecule has 0 spiro atoms. The fourth-order valence-corrected chi connectivity index (χ4v) is 1.03. The number of aliphatic hydroxyl groups is 1. The first kappa shape index (κ1) is 11.6. The van der Waals surface area contributed by atoms with E-state index in [1.165, 1.54) is 18.2 Å². The third-order valence-corrected chi connectivity index (χ3v) is 1.76. The van der Waals surface area contributed by atoms with E-state index in [2.05, 4.69) is 16.6 Å². The van der Waals surface area contributed by atoms with Crippen molar-refractivity contribution in [1.82, 2.24) is 0 Å². The van der Waals surface area contributed by atoms with Gasteiger partial charge >= 0.3 is 0 Å². The fraction of sp³-hybridized carbons (Fsp3) is 0. The van der Waals surface area contributed by atoms with Gasteiger partial charge in [0.25, 0.3) is 0 Å². The van der Waals surface area contributed by atoms with E-state index in [1.807, 2.05) is 0 Å². The second kappa shape index (κ2) is 5.38. The lowest BCUT2D eigenvalue weighted by atomic mass is 10.1. The van der Waals surface area contributed by atoms with Gasteiger partial charge in [-0.1, -0.05) is 36.9 Å². The molecule has 1 N–H and O–H groups in total. The first-order valence-electron chi connectivity index (χ1n) is 4.39. The van der Waals surface area contributed by atoms with Crippen molar-refractivity contribution in [3.05, 3.63) is 64.2 Å². The molecule has 0 atom stereocenters. The summed E-state index contributed by atoms with van der Waals surface area (Å²) in [5.74, 6) is -0.668. The van der Waals surface area contributed by atoms with Crippen molar-refractivity contribution in [2.24, 2.45) is 5.11 Å². The Morgan fingerprint density at radius 3 is 2.56 bits per heavy atom. The molecule has 0 fully saturated rings. The standard InChI is InChI=1S/C11H9N3O2/c1-8(15)2-3-9-4-6-10(7-5-9)11(16)13-14-12/h2-7,15H,1H2/b3-2+. The normalized spacial score (nSPS) is 9.75. The topological polar surface area (TPSA) is 86.1 Å². The van der Waals surface area contributed by atoms with Crippen molar-refractivity contribution in [2.45, 2.75) is 0 Å². The highest BCUT2D eigenvalue weighted by atomic mass is 16.3. The number of hydrogen-bond donors (Lipinski definition) is 1. The molecule has 5 heteroatoms. The average molecular weight is 215 g/mol. The molecule has 1 aromatic rings. The third kappa shape index (κ3) is 3.32. The Morgan fingerprint density at radius 1 is 1.44 bits per heavy atom. The van der Waals surface area contributed by atoms with Crippen molar-refractivity contribution >= 4 is 12.0 Å². The van der Waals surface area contributed by atoms with Gasteiger partial charge in [0.1, 0.15) is 5.76 Å². The van der Waals surface area contributed by atoms with E-state index >= 15 is 0 Å². The molecule has 80 valence electrons. The van der Waals surface area contributed by atoms with Crippen LogP contribution in [0.4, 0.5) is 0 Å². The maximum Gasteiger partial charge on any atom is 0.249 e. The van der Waals surface area contributed by atoms with E-state index < -0.39 is 5.91 Å². The van der Waals surface area contributed by atoms with E-state index in [9.17, 15) is 4.79 Å². The lowest BCUT2D eigenvalue weighted by molar-refractivity contribution is 0.100. The van der Waals surface area contributed by atoms with Gasteiger partial charge in [0.05, 0.1) is 0 Å². The van der Waals surface area contributed by atoms with Crippen LogP contribution in [0.15, 0.2) is 47.8 Å². The number of carbonyl (C=O) groups excluding carboxylic acids is 1. The zero-order chi connectivity index (χ0) is 12.0. The van der Waals surface area contributed by atoms with Crippen molar-refractivity contribution in [3.63, 3.8) is 0 Å². The monoisotopic (exact) mass is 215 g/mol. The summed E-state index contributed by atoms with van der Waals surface area (Å²) in [6.07, 6.45) is 3.08. The summed E-state index contributed by atoms with van der Waals surface area (Å²) < 4.78 is 0. The Bertz CT molecular complexity index is 482. The molecule has 0 saturated carbocycles. The lowest BCUT2D eigenvalue weighted by Gasteiger charge is -1.96. The van der Waals surface area contributed by atoms with Gasteiger partial charge in [0.15, 0.2) is 0 Å². The number of allylic oxidation sites excluding steroid dienone is 1. The Labute approximate surface area is 92.0 Å². The predicted molar refractivity (Wildman–Crippen MR) is 60.7 cm³/mol. The van der Waals surface area contributed by atoms with Crippen LogP contribution in [0.25, 0.3) is 16.5 Å². The predicted octanol–water partition coefficient (Wildman–Crippen LogP) is 3.22. The molecule has 1 amide bonds. The van der Waals surface area contributed by atoms with Gasteiger partial charge in [0, 0.05) is 10.5 Å². The van der Waals surface area contributed by atoms with Crippen LogP contribution in [0.5, 0.6) is 0 Å². The van der Waals surface area contributed by atoms with Gasteiger partial charge in [-0.3, -0.25) is 4.79 Å². The van der Waals surface area contributed by atoms with E-state index in [0.29, 0.717) is 5.56 Å². The molecule has 0 heterocycles. The number of rotatable bonds is 3. The SMILES string of the molecule is C=C(O)/C=C/c1ccc(C(=O)N=[N+]=[N-])cc1. The van der Waals surface area contributed by atoms with E-state index in [1.54, 1.807) is 18.2 Å². The molecule has 5 nitrogen and oxygen atoms in total. The van der Waals surface area contributed by atoms with Crippen LogP contribution in [-0.2, 0) is 0 Å². The summed E-state index contributed by atoms with van der Waals surface area (Å²) in [5.41, 5.74) is 9.20.